The Bertz CT molecular complexity index is 630. The van der Waals surface area contributed by atoms with E-state index < -0.39 is 0 Å². The maximum atomic E-state index is 13.9. The molecule has 0 radical (unpaired) electrons. The fourth-order valence-electron chi connectivity index (χ4n) is 2.57. The molecule has 0 bridgehead atoms. The summed E-state index contributed by atoms with van der Waals surface area (Å²) in [6.07, 6.45) is 0. The monoisotopic (exact) mass is 290 g/mol. The van der Waals surface area contributed by atoms with Crippen molar-refractivity contribution in [3.63, 3.8) is 0 Å². The zero-order valence-electron chi connectivity index (χ0n) is 11.2. The maximum Gasteiger partial charge on any atom is 0.128 e. The number of anilines is 2. The Hall–Kier alpha value is -1.74. The number of fused-ring (bicyclic) bond motifs is 1. The summed E-state index contributed by atoms with van der Waals surface area (Å²) in [6.45, 7) is 3.50. The highest BCUT2D eigenvalue weighted by Crippen LogP contribution is 2.32. The van der Waals surface area contributed by atoms with E-state index in [1.165, 1.54) is 6.07 Å². The van der Waals surface area contributed by atoms with Crippen LogP contribution in [0, 0.1) is 5.82 Å². The lowest BCUT2D eigenvalue weighted by atomic mass is 10.1. The number of benzene rings is 2. The SMILES string of the molecule is CC1CNc2ccccc2N1Cc1cc(Cl)ccc1F. The van der Waals surface area contributed by atoms with Crippen molar-refractivity contribution in [2.45, 2.75) is 19.5 Å². The summed E-state index contributed by atoms with van der Waals surface area (Å²) in [5.41, 5.74) is 2.82. The van der Waals surface area contributed by atoms with Gasteiger partial charge in [0.05, 0.1) is 11.4 Å². The van der Waals surface area contributed by atoms with Gasteiger partial charge in [-0.05, 0) is 37.3 Å². The van der Waals surface area contributed by atoms with Gasteiger partial charge in [0.25, 0.3) is 0 Å². The molecule has 0 aromatic heterocycles. The Morgan fingerprint density at radius 3 is 2.95 bits per heavy atom. The first-order valence-corrected chi connectivity index (χ1v) is 7.06. The summed E-state index contributed by atoms with van der Waals surface area (Å²) in [5, 5.41) is 3.96. The van der Waals surface area contributed by atoms with E-state index in [1.807, 2.05) is 18.2 Å². The molecule has 1 atom stereocenters. The Kier molecular flexibility index (Phi) is 3.53. The summed E-state index contributed by atoms with van der Waals surface area (Å²) in [5.74, 6) is -0.211. The average molecular weight is 291 g/mol. The van der Waals surface area contributed by atoms with Crippen molar-refractivity contribution >= 4 is 23.0 Å². The summed E-state index contributed by atoms with van der Waals surface area (Å²) < 4.78 is 13.9. The maximum absolute atomic E-state index is 13.9. The van der Waals surface area contributed by atoms with Gasteiger partial charge >= 0.3 is 0 Å². The lowest BCUT2D eigenvalue weighted by Crippen LogP contribution is -2.41. The summed E-state index contributed by atoms with van der Waals surface area (Å²) in [6, 6.07) is 13.1. The van der Waals surface area contributed by atoms with Crippen LogP contribution in [0.25, 0.3) is 0 Å². The second kappa shape index (κ2) is 5.33. The number of rotatable bonds is 2. The van der Waals surface area contributed by atoms with Gasteiger partial charge in [-0.2, -0.15) is 0 Å². The second-order valence-corrected chi connectivity index (χ2v) is 5.55. The highest BCUT2D eigenvalue weighted by Gasteiger charge is 2.23. The topological polar surface area (TPSA) is 15.3 Å². The minimum absolute atomic E-state index is 0.211. The van der Waals surface area contributed by atoms with Crippen molar-refractivity contribution in [1.29, 1.82) is 0 Å². The molecule has 1 N–H and O–H groups in total. The van der Waals surface area contributed by atoms with Crippen molar-refractivity contribution in [3.8, 4) is 0 Å². The van der Waals surface area contributed by atoms with Gasteiger partial charge < -0.3 is 10.2 Å². The molecule has 1 heterocycles. The molecule has 0 aliphatic carbocycles. The molecule has 0 spiro atoms. The molecule has 0 amide bonds. The standard InChI is InChI=1S/C16H16ClFN2/c1-11-9-19-15-4-2-3-5-16(15)20(11)10-12-8-13(17)6-7-14(12)18/h2-8,11,19H,9-10H2,1H3. The number of hydrogen-bond donors (Lipinski definition) is 1. The van der Waals surface area contributed by atoms with E-state index >= 15 is 0 Å². The van der Waals surface area contributed by atoms with Gasteiger partial charge in [-0.15, -0.1) is 0 Å². The lowest BCUT2D eigenvalue weighted by Gasteiger charge is -2.37. The van der Waals surface area contributed by atoms with Gasteiger partial charge in [-0.1, -0.05) is 23.7 Å². The van der Waals surface area contributed by atoms with E-state index in [4.69, 9.17) is 11.6 Å². The van der Waals surface area contributed by atoms with Gasteiger partial charge in [0.15, 0.2) is 0 Å². The molecule has 2 aromatic carbocycles. The number of nitrogens with zero attached hydrogens (tertiary/aromatic N) is 1. The van der Waals surface area contributed by atoms with Crippen LogP contribution in [0.4, 0.5) is 15.8 Å². The predicted molar refractivity (Wildman–Crippen MR) is 82.0 cm³/mol. The van der Waals surface area contributed by atoms with E-state index in [2.05, 4.69) is 23.2 Å². The van der Waals surface area contributed by atoms with Crippen LogP contribution in [0.15, 0.2) is 42.5 Å². The summed E-state index contributed by atoms with van der Waals surface area (Å²) >= 11 is 5.97. The van der Waals surface area contributed by atoms with Crippen LogP contribution in [-0.4, -0.2) is 12.6 Å². The largest absolute Gasteiger partial charge is 0.381 e. The van der Waals surface area contributed by atoms with Crippen molar-refractivity contribution < 1.29 is 4.39 Å². The van der Waals surface area contributed by atoms with Crippen molar-refractivity contribution in [2.24, 2.45) is 0 Å². The molecule has 1 aliphatic rings. The first kappa shape index (κ1) is 13.3. The predicted octanol–water partition coefficient (Wildman–Crippen LogP) is 4.30. The van der Waals surface area contributed by atoms with E-state index in [1.54, 1.807) is 12.1 Å². The normalized spacial score (nSPS) is 17.6. The highest BCUT2D eigenvalue weighted by atomic mass is 35.5. The smallest absolute Gasteiger partial charge is 0.128 e. The van der Waals surface area contributed by atoms with Gasteiger partial charge in [-0.25, -0.2) is 4.39 Å². The fraction of sp³-hybridized carbons (Fsp3) is 0.250. The number of nitrogens with one attached hydrogen (secondary N) is 1. The van der Waals surface area contributed by atoms with Crippen LogP contribution in [0.3, 0.4) is 0 Å². The van der Waals surface area contributed by atoms with E-state index in [-0.39, 0.29) is 5.82 Å². The van der Waals surface area contributed by atoms with Gasteiger partial charge in [0.1, 0.15) is 5.82 Å². The van der Waals surface area contributed by atoms with E-state index in [0.29, 0.717) is 23.2 Å². The molecule has 104 valence electrons. The molecule has 0 fully saturated rings. The molecular weight excluding hydrogens is 275 g/mol. The van der Waals surface area contributed by atoms with E-state index in [0.717, 1.165) is 17.9 Å². The molecule has 2 aromatic rings. The van der Waals surface area contributed by atoms with Gasteiger partial charge in [0, 0.05) is 29.7 Å². The minimum atomic E-state index is -0.211. The number of halogens is 2. The Morgan fingerprint density at radius 1 is 1.30 bits per heavy atom. The van der Waals surface area contributed by atoms with Crippen LogP contribution in [-0.2, 0) is 6.54 Å². The summed E-state index contributed by atoms with van der Waals surface area (Å²) in [7, 11) is 0. The van der Waals surface area contributed by atoms with Crippen molar-refractivity contribution in [1.82, 2.24) is 0 Å². The van der Waals surface area contributed by atoms with Crippen molar-refractivity contribution in [3.05, 3.63) is 58.9 Å². The Labute approximate surface area is 123 Å². The lowest BCUT2D eigenvalue weighted by molar-refractivity contribution is 0.585. The third-order valence-corrected chi connectivity index (χ3v) is 3.92. The number of hydrogen-bond acceptors (Lipinski definition) is 2. The van der Waals surface area contributed by atoms with E-state index in [9.17, 15) is 4.39 Å². The zero-order chi connectivity index (χ0) is 14.1. The third-order valence-electron chi connectivity index (χ3n) is 3.68. The summed E-state index contributed by atoms with van der Waals surface area (Å²) in [4.78, 5) is 2.21. The van der Waals surface area contributed by atoms with Crippen LogP contribution < -0.4 is 10.2 Å². The number of para-hydroxylation sites is 2. The van der Waals surface area contributed by atoms with Gasteiger partial charge in [-0.3, -0.25) is 0 Å². The fourth-order valence-corrected chi connectivity index (χ4v) is 2.76. The molecular formula is C16H16ClFN2. The average Bonchev–Trinajstić information content (AvgIpc) is 2.46. The molecule has 3 rings (SSSR count). The molecule has 1 aliphatic heterocycles. The Balaban J connectivity index is 1.95. The van der Waals surface area contributed by atoms with Crippen LogP contribution in [0.5, 0.6) is 0 Å². The molecule has 4 heteroatoms. The van der Waals surface area contributed by atoms with Gasteiger partial charge in [0.2, 0.25) is 0 Å². The highest BCUT2D eigenvalue weighted by molar-refractivity contribution is 6.30. The molecule has 0 saturated carbocycles. The van der Waals surface area contributed by atoms with Crippen molar-refractivity contribution in [2.75, 3.05) is 16.8 Å². The minimum Gasteiger partial charge on any atom is -0.381 e. The van der Waals surface area contributed by atoms with Crippen LogP contribution in [0.2, 0.25) is 5.02 Å². The molecule has 0 saturated heterocycles. The van der Waals surface area contributed by atoms with Crippen LogP contribution in [0.1, 0.15) is 12.5 Å². The molecule has 1 unspecified atom stereocenters. The van der Waals surface area contributed by atoms with Crippen LogP contribution >= 0.6 is 11.6 Å². The second-order valence-electron chi connectivity index (χ2n) is 5.11. The quantitative estimate of drug-likeness (QED) is 0.887. The Morgan fingerprint density at radius 2 is 2.10 bits per heavy atom. The first-order valence-electron chi connectivity index (χ1n) is 6.68. The zero-order valence-corrected chi connectivity index (χ0v) is 12.0. The molecule has 2 nitrogen and oxygen atoms in total. The first-order chi connectivity index (χ1) is 9.65. The molecule has 20 heavy (non-hydrogen) atoms. The third kappa shape index (κ3) is 2.46.